The van der Waals surface area contributed by atoms with Crippen LogP contribution in [0.5, 0.6) is 5.75 Å². The van der Waals surface area contributed by atoms with Crippen LogP contribution < -0.4 is 15.4 Å². The van der Waals surface area contributed by atoms with Crippen molar-refractivity contribution in [3.63, 3.8) is 0 Å². The van der Waals surface area contributed by atoms with Gasteiger partial charge in [-0.05, 0) is 61.3 Å². The van der Waals surface area contributed by atoms with Gasteiger partial charge in [-0.1, -0.05) is 42.5 Å². The third-order valence-electron chi connectivity index (χ3n) is 5.95. The van der Waals surface area contributed by atoms with Gasteiger partial charge >= 0.3 is 0 Å². The Labute approximate surface area is 179 Å². The van der Waals surface area contributed by atoms with Gasteiger partial charge in [-0.25, -0.2) is 0 Å². The molecule has 2 aliphatic heterocycles. The smallest absolute Gasteiger partial charge is 0.220 e. The van der Waals surface area contributed by atoms with Gasteiger partial charge in [0.1, 0.15) is 12.4 Å². The molecule has 2 aromatic carbocycles. The quantitative estimate of drug-likeness (QED) is 0.678. The summed E-state index contributed by atoms with van der Waals surface area (Å²) in [5.74, 6) is 1.63. The summed E-state index contributed by atoms with van der Waals surface area (Å²) in [6.45, 7) is 1.27. The molecule has 2 heterocycles. The van der Waals surface area contributed by atoms with E-state index >= 15 is 0 Å². The summed E-state index contributed by atoms with van der Waals surface area (Å²) < 4.78 is 5.82. The van der Waals surface area contributed by atoms with Crippen LogP contribution in [0.1, 0.15) is 43.2 Å². The van der Waals surface area contributed by atoms with Crippen molar-refractivity contribution in [2.75, 3.05) is 6.54 Å². The molecular weight excluding hydrogens is 384 g/mol. The molecule has 2 aromatic rings. The number of amides is 1. The molecule has 2 bridgehead atoms. The minimum absolute atomic E-state index is 0. The van der Waals surface area contributed by atoms with E-state index in [0.717, 1.165) is 30.6 Å². The van der Waals surface area contributed by atoms with E-state index in [1.165, 1.54) is 18.4 Å². The van der Waals surface area contributed by atoms with E-state index in [1.807, 2.05) is 30.3 Å². The summed E-state index contributed by atoms with van der Waals surface area (Å²) in [6, 6.07) is 19.6. The average molecular weight is 415 g/mol. The first-order valence-electron chi connectivity index (χ1n) is 10.5. The minimum Gasteiger partial charge on any atom is -0.489 e. The Bertz CT molecular complexity index is 754. The van der Waals surface area contributed by atoms with Gasteiger partial charge in [-0.2, -0.15) is 0 Å². The monoisotopic (exact) mass is 414 g/mol. The van der Waals surface area contributed by atoms with Gasteiger partial charge in [0.25, 0.3) is 0 Å². The predicted molar refractivity (Wildman–Crippen MR) is 118 cm³/mol. The molecular formula is C24H31ClN2O2. The third-order valence-corrected chi connectivity index (χ3v) is 5.95. The molecule has 2 unspecified atom stereocenters. The molecule has 2 atom stereocenters. The highest BCUT2D eigenvalue weighted by molar-refractivity contribution is 5.85. The Balaban J connectivity index is 0.00000240. The van der Waals surface area contributed by atoms with Gasteiger partial charge in [0.2, 0.25) is 5.91 Å². The first-order chi connectivity index (χ1) is 13.7. The Hall–Kier alpha value is -2.04. The summed E-state index contributed by atoms with van der Waals surface area (Å²) in [7, 11) is 0. The van der Waals surface area contributed by atoms with E-state index in [2.05, 4.69) is 34.9 Å². The number of hydrogen-bond donors (Lipinski definition) is 2. The lowest BCUT2D eigenvalue weighted by molar-refractivity contribution is -0.122. The lowest BCUT2D eigenvalue weighted by atomic mass is 9.89. The third kappa shape index (κ3) is 6.48. The van der Waals surface area contributed by atoms with Crippen molar-refractivity contribution in [3.05, 3.63) is 65.7 Å². The van der Waals surface area contributed by atoms with E-state index < -0.39 is 0 Å². The zero-order valence-corrected chi connectivity index (χ0v) is 17.6. The maximum Gasteiger partial charge on any atom is 0.220 e. The van der Waals surface area contributed by atoms with Crippen molar-refractivity contribution in [1.82, 2.24) is 10.6 Å². The summed E-state index contributed by atoms with van der Waals surface area (Å²) in [5.41, 5.74) is 2.38. The molecule has 0 aliphatic carbocycles. The Morgan fingerprint density at radius 2 is 1.66 bits per heavy atom. The molecule has 29 heavy (non-hydrogen) atoms. The molecule has 5 heteroatoms. The number of piperidine rings is 1. The first-order valence-corrected chi connectivity index (χ1v) is 10.5. The Kier molecular flexibility index (Phi) is 7.96. The number of fused-ring (bicyclic) bond motifs is 2. The highest BCUT2D eigenvalue weighted by atomic mass is 35.5. The molecule has 4 rings (SSSR count). The Morgan fingerprint density at radius 1 is 0.966 bits per heavy atom. The standard InChI is InChI=1S/C24H30N2O2.ClH/c27-24(16-20-14-21-8-9-22(15-20)26-21)25-13-12-18-6-10-23(11-7-18)28-17-19-4-2-1-3-5-19;/h1-7,10-11,20-22,26H,8-9,12-17H2,(H,25,27);1H. The topological polar surface area (TPSA) is 50.4 Å². The fourth-order valence-electron chi connectivity index (χ4n) is 4.52. The molecule has 2 saturated heterocycles. The number of halogens is 1. The molecule has 156 valence electrons. The number of hydrogen-bond acceptors (Lipinski definition) is 3. The Morgan fingerprint density at radius 3 is 2.34 bits per heavy atom. The number of nitrogens with one attached hydrogen (secondary N) is 2. The molecule has 2 fully saturated rings. The van der Waals surface area contributed by atoms with Crippen molar-refractivity contribution >= 4 is 18.3 Å². The number of rotatable bonds is 8. The van der Waals surface area contributed by atoms with Crippen molar-refractivity contribution in [2.45, 2.75) is 57.2 Å². The van der Waals surface area contributed by atoms with Crippen LogP contribution in [0.3, 0.4) is 0 Å². The second-order valence-electron chi connectivity index (χ2n) is 8.20. The van der Waals surface area contributed by atoms with Crippen LogP contribution in [0.2, 0.25) is 0 Å². The van der Waals surface area contributed by atoms with E-state index in [4.69, 9.17) is 4.74 Å². The number of carbonyl (C=O) groups is 1. The van der Waals surface area contributed by atoms with Gasteiger partial charge < -0.3 is 15.4 Å². The fourth-order valence-corrected chi connectivity index (χ4v) is 4.52. The second kappa shape index (κ2) is 10.7. The van der Waals surface area contributed by atoms with Crippen LogP contribution in [-0.4, -0.2) is 24.5 Å². The molecule has 2 aliphatic rings. The van der Waals surface area contributed by atoms with Crippen LogP contribution in [0.25, 0.3) is 0 Å². The molecule has 1 amide bonds. The lowest BCUT2D eigenvalue weighted by Gasteiger charge is -2.28. The molecule has 4 nitrogen and oxygen atoms in total. The van der Waals surface area contributed by atoms with E-state index in [-0.39, 0.29) is 18.3 Å². The van der Waals surface area contributed by atoms with Crippen molar-refractivity contribution in [1.29, 1.82) is 0 Å². The molecule has 0 aromatic heterocycles. The summed E-state index contributed by atoms with van der Waals surface area (Å²) in [5, 5.41) is 6.74. The molecule has 0 radical (unpaired) electrons. The van der Waals surface area contributed by atoms with Crippen LogP contribution in [0, 0.1) is 5.92 Å². The summed E-state index contributed by atoms with van der Waals surface area (Å²) in [4.78, 5) is 12.3. The first kappa shape index (κ1) is 21.7. The normalized spacial score (nSPS) is 22.6. The summed E-state index contributed by atoms with van der Waals surface area (Å²) in [6.07, 6.45) is 6.42. The molecule has 0 saturated carbocycles. The maximum atomic E-state index is 12.3. The molecule has 2 N–H and O–H groups in total. The minimum atomic E-state index is 0. The highest BCUT2D eigenvalue weighted by Crippen LogP contribution is 2.32. The van der Waals surface area contributed by atoms with Crippen LogP contribution in [0.4, 0.5) is 0 Å². The zero-order chi connectivity index (χ0) is 19.2. The second-order valence-corrected chi connectivity index (χ2v) is 8.20. The number of ether oxygens (including phenoxy) is 1. The van der Waals surface area contributed by atoms with Crippen molar-refractivity contribution in [2.24, 2.45) is 5.92 Å². The van der Waals surface area contributed by atoms with Gasteiger partial charge in [0, 0.05) is 25.0 Å². The van der Waals surface area contributed by atoms with Crippen LogP contribution >= 0.6 is 12.4 Å². The predicted octanol–water partition coefficient (Wildman–Crippen LogP) is 4.27. The van der Waals surface area contributed by atoms with Gasteiger partial charge in [0.15, 0.2) is 0 Å². The van der Waals surface area contributed by atoms with Crippen LogP contribution in [-0.2, 0) is 17.8 Å². The highest BCUT2D eigenvalue weighted by Gasteiger charge is 2.34. The lowest BCUT2D eigenvalue weighted by Crippen LogP contribution is -2.39. The average Bonchev–Trinajstić information content (AvgIpc) is 3.06. The van der Waals surface area contributed by atoms with E-state index in [0.29, 0.717) is 37.6 Å². The van der Waals surface area contributed by atoms with Crippen molar-refractivity contribution in [3.8, 4) is 5.75 Å². The number of benzene rings is 2. The number of carbonyl (C=O) groups excluding carboxylic acids is 1. The largest absolute Gasteiger partial charge is 0.489 e. The summed E-state index contributed by atoms with van der Waals surface area (Å²) >= 11 is 0. The van der Waals surface area contributed by atoms with E-state index in [9.17, 15) is 4.79 Å². The SMILES string of the molecule is Cl.O=C(CC1CC2CCC(C1)N2)NCCc1ccc(OCc2ccccc2)cc1. The fraction of sp³-hybridized carbons (Fsp3) is 0.458. The van der Waals surface area contributed by atoms with Gasteiger partial charge in [-0.15, -0.1) is 12.4 Å². The maximum absolute atomic E-state index is 12.3. The van der Waals surface area contributed by atoms with Crippen LogP contribution in [0.15, 0.2) is 54.6 Å². The van der Waals surface area contributed by atoms with Crippen molar-refractivity contribution < 1.29 is 9.53 Å². The van der Waals surface area contributed by atoms with E-state index in [1.54, 1.807) is 0 Å². The zero-order valence-electron chi connectivity index (χ0n) is 16.8. The molecule has 0 spiro atoms. The van der Waals surface area contributed by atoms with Gasteiger partial charge in [-0.3, -0.25) is 4.79 Å². The van der Waals surface area contributed by atoms with Gasteiger partial charge in [0.05, 0.1) is 0 Å².